The third-order valence-corrected chi connectivity index (χ3v) is 8.47. The van der Waals surface area contributed by atoms with Crippen LogP contribution in [0, 0.1) is 0 Å². The molecule has 0 unspecified atom stereocenters. The number of hydrogen-bond acceptors (Lipinski definition) is 5. The van der Waals surface area contributed by atoms with Crippen molar-refractivity contribution in [2.24, 2.45) is 0 Å². The van der Waals surface area contributed by atoms with Crippen molar-refractivity contribution in [2.45, 2.75) is 42.5 Å². The summed E-state index contributed by atoms with van der Waals surface area (Å²) >= 11 is 1.12. The second kappa shape index (κ2) is 6.98. The van der Waals surface area contributed by atoms with Gasteiger partial charge < -0.3 is 5.32 Å². The maximum atomic E-state index is 13.2. The van der Waals surface area contributed by atoms with Gasteiger partial charge in [0.05, 0.1) is 11.7 Å². The van der Waals surface area contributed by atoms with Gasteiger partial charge in [-0.05, 0) is 41.5 Å². The first kappa shape index (κ1) is 19.1. The van der Waals surface area contributed by atoms with E-state index in [4.69, 9.17) is 0 Å². The van der Waals surface area contributed by atoms with Gasteiger partial charge in [-0.3, -0.25) is 4.79 Å². The lowest BCUT2D eigenvalue weighted by Gasteiger charge is -2.36. The van der Waals surface area contributed by atoms with E-state index in [1.807, 2.05) is 12.1 Å². The van der Waals surface area contributed by atoms with Crippen molar-refractivity contribution in [3.63, 3.8) is 0 Å². The molecule has 3 amide bonds. The molecule has 2 atom stereocenters. The van der Waals surface area contributed by atoms with E-state index < -0.39 is 34.0 Å². The topological polar surface area (TPSA) is 86.8 Å². The molecule has 2 aromatic rings. The minimum atomic E-state index is -3.79. The Morgan fingerprint density at radius 2 is 1.86 bits per heavy atom. The van der Waals surface area contributed by atoms with Gasteiger partial charge in [-0.25, -0.2) is 18.1 Å². The Bertz CT molecular complexity index is 1000. The summed E-state index contributed by atoms with van der Waals surface area (Å²) in [5.41, 5.74) is 1.53. The molecule has 4 rings (SSSR count). The van der Waals surface area contributed by atoms with Crippen LogP contribution in [0.15, 0.2) is 46.0 Å². The molecule has 1 aromatic carbocycles. The van der Waals surface area contributed by atoms with Gasteiger partial charge in [0.25, 0.3) is 15.9 Å². The second-order valence-electron chi connectivity index (χ2n) is 7.26. The molecule has 148 valence electrons. The molecule has 0 spiro atoms. The van der Waals surface area contributed by atoms with Crippen molar-refractivity contribution < 1.29 is 18.0 Å². The fourth-order valence-corrected chi connectivity index (χ4v) is 6.47. The molecule has 3 heterocycles. The maximum absolute atomic E-state index is 13.2. The lowest BCUT2D eigenvalue weighted by molar-refractivity contribution is -0.122. The van der Waals surface area contributed by atoms with Crippen molar-refractivity contribution in [3.05, 3.63) is 47.3 Å². The average molecular weight is 420 g/mol. The van der Waals surface area contributed by atoms with Gasteiger partial charge in [0.2, 0.25) is 0 Å². The average Bonchev–Trinajstić information content (AvgIpc) is 3.32. The van der Waals surface area contributed by atoms with Crippen LogP contribution in [0.2, 0.25) is 0 Å². The van der Waals surface area contributed by atoms with Gasteiger partial charge >= 0.3 is 6.03 Å². The fraction of sp³-hybridized carbons (Fsp3) is 0.368. The van der Waals surface area contributed by atoms with Crippen LogP contribution in [0.3, 0.4) is 0 Å². The van der Waals surface area contributed by atoms with E-state index in [2.05, 4.69) is 19.2 Å². The smallest absolute Gasteiger partial charge is 0.329 e. The minimum Gasteiger partial charge on any atom is -0.332 e. The Kier molecular flexibility index (Phi) is 4.76. The van der Waals surface area contributed by atoms with E-state index in [9.17, 15) is 18.0 Å². The number of urea groups is 1. The Labute approximate surface area is 168 Å². The van der Waals surface area contributed by atoms with Crippen LogP contribution in [-0.4, -0.2) is 43.3 Å². The molecule has 9 heteroatoms. The highest BCUT2D eigenvalue weighted by molar-refractivity contribution is 7.91. The Morgan fingerprint density at radius 1 is 1.14 bits per heavy atom. The third kappa shape index (κ3) is 3.03. The third-order valence-electron chi connectivity index (χ3n) is 5.21. The van der Waals surface area contributed by atoms with Gasteiger partial charge in [-0.1, -0.05) is 32.0 Å². The highest BCUT2D eigenvalue weighted by atomic mass is 32.2. The van der Waals surface area contributed by atoms with Crippen molar-refractivity contribution in [1.82, 2.24) is 9.62 Å². The van der Waals surface area contributed by atoms with Crippen LogP contribution in [0.4, 0.5) is 10.5 Å². The number of nitrogens with zero attached hydrogens (tertiary/aromatic N) is 2. The molecule has 2 fully saturated rings. The molecular formula is C19H21N3O4S2. The summed E-state index contributed by atoms with van der Waals surface area (Å²) in [6.45, 7) is 4.32. The molecule has 0 bridgehead atoms. The van der Waals surface area contributed by atoms with Crippen LogP contribution in [-0.2, 0) is 14.8 Å². The summed E-state index contributed by atoms with van der Waals surface area (Å²) in [5.74, 6) is -0.186. The fourth-order valence-electron chi connectivity index (χ4n) is 3.71. The van der Waals surface area contributed by atoms with Crippen LogP contribution in [0.5, 0.6) is 0 Å². The van der Waals surface area contributed by atoms with E-state index in [0.29, 0.717) is 18.0 Å². The first-order valence-corrected chi connectivity index (χ1v) is 11.4. The molecule has 0 aliphatic carbocycles. The van der Waals surface area contributed by atoms with Crippen LogP contribution < -0.4 is 10.2 Å². The van der Waals surface area contributed by atoms with Gasteiger partial charge in [0.1, 0.15) is 10.3 Å². The first-order chi connectivity index (χ1) is 13.3. The van der Waals surface area contributed by atoms with Crippen molar-refractivity contribution in [3.8, 4) is 0 Å². The van der Waals surface area contributed by atoms with E-state index in [0.717, 1.165) is 21.8 Å². The molecule has 2 aliphatic rings. The van der Waals surface area contributed by atoms with Crippen LogP contribution in [0.25, 0.3) is 0 Å². The zero-order valence-corrected chi connectivity index (χ0v) is 17.2. The van der Waals surface area contributed by atoms with Gasteiger partial charge in [0.15, 0.2) is 0 Å². The van der Waals surface area contributed by atoms with E-state index in [-0.39, 0.29) is 10.8 Å². The largest absolute Gasteiger partial charge is 0.332 e. The van der Waals surface area contributed by atoms with Crippen LogP contribution >= 0.6 is 11.3 Å². The summed E-state index contributed by atoms with van der Waals surface area (Å²) in [7, 11) is -3.79. The van der Waals surface area contributed by atoms with Crippen molar-refractivity contribution >= 4 is 39.0 Å². The number of rotatable bonds is 4. The number of thiophene rings is 1. The number of imide groups is 1. The first-order valence-electron chi connectivity index (χ1n) is 9.10. The zero-order valence-electron chi connectivity index (χ0n) is 15.5. The predicted octanol–water partition coefficient (Wildman–Crippen LogP) is 2.76. The van der Waals surface area contributed by atoms with Crippen LogP contribution in [0.1, 0.15) is 31.7 Å². The highest BCUT2D eigenvalue weighted by Gasteiger charge is 2.52. The predicted molar refractivity (Wildman–Crippen MR) is 107 cm³/mol. The van der Waals surface area contributed by atoms with Gasteiger partial charge in [-0.2, -0.15) is 4.31 Å². The molecular weight excluding hydrogens is 398 g/mol. The van der Waals surface area contributed by atoms with Gasteiger partial charge in [0, 0.05) is 6.54 Å². The number of amides is 3. The van der Waals surface area contributed by atoms with Crippen molar-refractivity contribution in [2.75, 3.05) is 11.4 Å². The molecule has 0 radical (unpaired) electrons. The number of benzene rings is 1. The quantitative estimate of drug-likeness (QED) is 0.826. The summed E-state index contributed by atoms with van der Waals surface area (Å²) in [6, 6.07) is 8.43. The normalized spacial score (nSPS) is 23.2. The Morgan fingerprint density at radius 3 is 2.46 bits per heavy atom. The van der Waals surface area contributed by atoms with E-state index in [1.54, 1.807) is 23.6 Å². The zero-order chi connectivity index (χ0) is 20.1. The number of anilines is 1. The number of carbonyl (C=O) groups is 2. The lowest BCUT2D eigenvalue weighted by Crippen LogP contribution is -2.64. The number of carbonyl (C=O) groups excluding carboxylic acids is 2. The summed E-state index contributed by atoms with van der Waals surface area (Å²) in [6.07, 6.45) is 0.410. The number of nitrogens with one attached hydrogen (secondary N) is 1. The van der Waals surface area contributed by atoms with E-state index in [1.165, 1.54) is 10.4 Å². The molecule has 2 aliphatic heterocycles. The van der Waals surface area contributed by atoms with Crippen molar-refractivity contribution in [1.29, 1.82) is 0 Å². The summed E-state index contributed by atoms with van der Waals surface area (Å²) in [4.78, 5) is 26.9. The lowest BCUT2D eigenvalue weighted by atomic mass is 10.0. The number of fused-ring (bicyclic) bond motifs is 1. The molecule has 1 aromatic heterocycles. The molecule has 7 nitrogen and oxygen atoms in total. The number of hydrogen-bond donors (Lipinski definition) is 1. The molecule has 1 N–H and O–H groups in total. The molecule has 0 saturated carbocycles. The number of sulfonamides is 1. The SMILES string of the molecule is CC(C)c1ccc(N2C(=O)N[C@@H]3CCN(S(=O)(=O)c4cccs4)[C@H]3C2=O)cc1. The van der Waals surface area contributed by atoms with Gasteiger partial charge in [-0.15, -0.1) is 11.3 Å². The second-order valence-corrected chi connectivity index (χ2v) is 10.3. The highest BCUT2D eigenvalue weighted by Crippen LogP contribution is 2.33. The van der Waals surface area contributed by atoms with E-state index >= 15 is 0 Å². The maximum Gasteiger partial charge on any atom is 0.329 e. The summed E-state index contributed by atoms with van der Waals surface area (Å²) < 4.78 is 27.4. The standard InChI is InChI=1S/C19H21N3O4S2/c1-12(2)13-5-7-14(8-6-13)22-18(23)17-15(20-19(22)24)9-10-21(17)28(25,26)16-4-3-11-27-16/h3-8,11-12,15,17H,9-10H2,1-2H3,(H,20,24)/t15-,17-/m1/s1. The monoisotopic (exact) mass is 419 g/mol. The molecule has 2 saturated heterocycles. The minimum absolute atomic E-state index is 0.196. The molecule has 28 heavy (non-hydrogen) atoms. The summed E-state index contributed by atoms with van der Waals surface area (Å²) in [5, 5.41) is 4.49. The Balaban J connectivity index is 1.67. The Hall–Kier alpha value is -2.23.